The van der Waals surface area contributed by atoms with Gasteiger partial charge in [-0.05, 0) is 11.5 Å². The summed E-state index contributed by atoms with van der Waals surface area (Å²) in [5, 5.41) is 3.61. The fourth-order valence-electron chi connectivity index (χ4n) is 1.00. The number of imide groups is 1. The summed E-state index contributed by atoms with van der Waals surface area (Å²) in [5.74, 6) is -0.559. The van der Waals surface area contributed by atoms with Gasteiger partial charge >= 0.3 is 0 Å². The van der Waals surface area contributed by atoms with Crippen molar-refractivity contribution in [3.8, 4) is 0 Å². The minimum absolute atomic E-state index is 0.266. The van der Waals surface area contributed by atoms with Crippen molar-refractivity contribution in [2.45, 2.75) is 6.54 Å². The molecule has 0 spiro atoms. The van der Waals surface area contributed by atoms with Gasteiger partial charge in [0, 0.05) is 12.2 Å². The van der Waals surface area contributed by atoms with E-state index in [1.807, 2.05) is 0 Å². The highest BCUT2D eigenvalue weighted by atomic mass is 32.1. The van der Waals surface area contributed by atoms with Crippen LogP contribution in [0.4, 0.5) is 0 Å². The second-order valence-corrected chi connectivity index (χ2v) is 3.35. The maximum atomic E-state index is 11.1. The average Bonchev–Trinajstić information content (AvgIpc) is 2.70. The largest absolute Gasteiger partial charge is 0.270 e. The van der Waals surface area contributed by atoms with Gasteiger partial charge in [-0.1, -0.05) is 4.49 Å². The topological polar surface area (TPSA) is 63.2 Å². The van der Waals surface area contributed by atoms with Gasteiger partial charge in [0.05, 0.1) is 17.6 Å². The first-order valence-corrected chi connectivity index (χ1v) is 4.34. The third kappa shape index (κ3) is 1.48. The smallest absolute Gasteiger partial charge is 0.253 e. The predicted molar refractivity (Wildman–Crippen MR) is 44.6 cm³/mol. The molecule has 0 unspecified atom stereocenters. The zero-order valence-electron chi connectivity index (χ0n) is 6.51. The predicted octanol–water partition coefficient (Wildman–Crippen LogP) is -0.0369. The molecule has 1 aromatic rings. The lowest BCUT2D eigenvalue weighted by Crippen LogP contribution is -2.28. The molecule has 0 aromatic carbocycles. The van der Waals surface area contributed by atoms with E-state index in [-0.39, 0.29) is 18.4 Å². The highest BCUT2D eigenvalue weighted by molar-refractivity contribution is 7.05. The molecule has 0 radical (unpaired) electrons. The minimum atomic E-state index is -0.279. The van der Waals surface area contributed by atoms with Crippen LogP contribution in [0.5, 0.6) is 0 Å². The van der Waals surface area contributed by atoms with Crippen molar-refractivity contribution in [3.63, 3.8) is 0 Å². The number of amides is 2. The van der Waals surface area contributed by atoms with Crippen LogP contribution in [0.3, 0.4) is 0 Å². The molecule has 6 heteroatoms. The van der Waals surface area contributed by atoms with Gasteiger partial charge in [-0.3, -0.25) is 14.5 Å². The molecule has 5 nitrogen and oxygen atoms in total. The maximum Gasteiger partial charge on any atom is 0.253 e. The van der Waals surface area contributed by atoms with Crippen LogP contribution in [0.15, 0.2) is 18.3 Å². The molecule has 2 rings (SSSR count). The fourth-order valence-corrected chi connectivity index (χ4v) is 1.48. The Labute approximate surface area is 77.8 Å². The summed E-state index contributed by atoms with van der Waals surface area (Å²) in [4.78, 5) is 24.1. The summed E-state index contributed by atoms with van der Waals surface area (Å²) in [6, 6.07) is 0. The van der Waals surface area contributed by atoms with Gasteiger partial charge in [0.1, 0.15) is 0 Å². The van der Waals surface area contributed by atoms with E-state index >= 15 is 0 Å². The lowest BCUT2D eigenvalue weighted by molar-refractivity contribution is -0.137. The Balaban J connectivity index is 2.11. The summed E-state index contributed by atoms with van der Waals surface area (Å²) >= 11 is 1.18. The minimum Gasteiger partial charge on any atom is -0.270 e. The van der Waals surface area contributed by atoms with Crippen LogP contribution < -0.4 is 0 Å². The molecule has 13 heavy (non-hydrogen) atoms. The second-order valence-electron chi connectivity index (χ2n) is 2.48. The molecule has 0 fully saturated rings. The maximum absolute atomic E-state index is 11.1. The van der Waals surface area contributed by atoms with Crippen molar-refractivity contribution >= 4 is 23.3 Å². The molecular weight excluding hydrogens is 190 g/mol. The van der Waals surface area contributed by atoms with Crippen LogP contribution in [0.25, 0.3) is 0 Å². The van der Waals surface area contributed by atoms with E-state index in [2.05, 4.69) is 9.59 Å². The normalized spacial score (nSPS) is 15.8. The molecule has 1 aliphatic rings. The number of carbonyl (C=O) groups is 2. The SMILES string of the molecule is O=C1C=CC(=O)N1Cc1cnns1. The van der Waals surface area contributed by atoms with Crippen LogP contribution in [0, 0.1) is 0 Å². The summed E-state index contributed by atoms with van der Waals surface area (Å²) in [7, 11) is 0. The number of nitrogens with zero attached hydrogens (tertiary/aromatic N) is 3. The first kappa shape index (κ1) is 8.06. The second kappa shape index (κ2) is 3.06. The molecule has 1 aromatic heterocycles. The van der Waals surface area contributed by atoms with Gasteiger partial charge in [-0.2, -0.15) is 0 Å². The van der Waals surface area contributed by atoms with E-state index in [1.54, 1.807) is 6.20 Å². The molecule has 1 aliphatic heterocycles. The Morgan fingerprint density at radius 2 is 2.00 bits per heavy atom. The van der Waals surface area contributed by atoms with Gasteiger partial charge in [-0.25, -0.2) is 0 Å². The molecular formula is C7H5N3O2S. The van der Waals surface area contributed by atoms with Crippen LogP contribution in [0.1, 0.15) is 4.88 Å². The summed E-state index contributed by atoms with van der Waals surface area (Å²) in [6.07, 6.45) is 4.07. The number of carbonyl (C=O) groups excluding carboxylic acids is 2. The summed E-state index contributed by atoms with van der Waals surface area (Å²) in [5.41, 5.74) is 0. The van der Waals surface area contributed by atoms with Crippen molar-refractivity contribution in [2.24, 2.45) is 0 Å². The Bertz CT molecular complexity index is 353. The molecule has 0 aliphatic carbocycles. The quantitative estimate of drug-likeness (QED) is 0.621. The standard InChI is InChI=1S/C7H5N3O2S/c11-6-1-2-7(12)10(6)4-5-3-8-9-13-5/h1-3H,4H2. The summed E-state index contributed by atoms with van der Waals surface area (Å²) < 4.78 is 3.64. The first-order valence-electron chi connectivity index (χ1n) is 3.57. The van der Waals surface area contributed by atoms with Gasteiger partial charge in [0.15, 0.2) is 0 Å². The van der Waals surface area contributed by atoms with E-state index in [0.717, 1.165) is 9.78 Å². The Kier molecular flexibility index (Phi) is 1.90. The van der Waals surface area contributed by atoms with E-state index in [9.17, 15) is 9.59 Å². The third-order valence-corrected chi connectivity index (χ3v) is 2.27. The Morgan fingerprint density at radius 3 is 2.54 bits per heavy atom. The first-order chi connectivity index (χ1) is 6.27. The molecule has 0 N–H and O–H groups in total. The van der Waals surface area contributed by atoms with Crippen LogP contribution in [-0.2, 0) is 16.1 Å². The van der Waals surface area contributed by atoms with E-state index < -0.39 is 0 Å². The molecule has 0 saturated heterocycles. The van der Waals surface area contributed by atoms with Crippen molar-refractivity contribution in [1.82, 2.24) is 14.5 Å². The zero-order chi connectivity index (χ0) is 9.26. The Morgan fingerprint density at radius 1 is 1.31 bits per heavy atom. The van der Waals surface area contributed by atoms with Crippen LogP contribution in [-0.4, -0.2) is 26.3 Å². The van der Waals surface area contributed by atoms with E-state index in [0.29, 0.717) is 0 Å². The lowest BCUT2D eigenvalue weighted by Gasteiger charge is -2.10. The molecule has 0 atom stereocenters. The third-order valence-electron chi connectivity index (χ3n) is 1.62. The number of hydrogen-bond donors (Lipinski definition) is 0. The summed E-state index contributed by atoms with van der Waals surface area (Å²) in [6.45, 7) is 0.266. The lowest BCUT2D eigenvalue weighted by atomic mass is 10.4. The fraction of sp³-hybridized carbons (Fsp3) is 0.143. The molecule has 2 heterocycles. The van der Waals surface area contributed by atoms with E-state index in [1.165, 1.54) is 23.7 Å². The van der Waals surface area contributed by atoms with Crippen molar-refractivity contribution < 1.29 is 9.59 Å². The van der Waals surface area contributed by atoms with Crippen molar-refractivity contribution in [1.29, 1.82) is 0 Å². The van der Waals surface area contributed by atoms with Crippen molar-refractivity contribution in [2.75, 3.05) is 0 Å². The number of rotatable bonds is 2. The van der Waals surface area contributed by atoms with Crippen LogP contribution in [0.2, 0.25) is 0 Å². The average molecular weight is 195 g/mol. The van der Waals surface area contributed by atoms with Gasteiger partial charge < -0.3 is 0 Å². The van der Waals surface area contributed by atoms with Crippen LogP contribution >= 0.6 is 11.5 Å². The van der Waals surface area contributed by atoms with Gasteiger partial charge in [0.25, 0.3) is 11.8 Å². The van der Waals surface area contributed by atoms with Gasteiger partial charge in [0.2, 0.25) is 0 Å². The number of hydrogen-bond acceptors (Lipinski definition) is 5. The highest BCUT2D eigenvalue weighted by Crippen LogP contribution is 2.11. The monoisotopic (exact) mass is 195 g/mol. The molecule has 2 amide bonds. The molecule has 0 saturated carbocycles. The molecule has 0 bridgehead atoms. The zero-order valence-corrected chi connectivity index (χ0v) is 7.32. The van der Waals surface area contributed by atoms with Crippen molar-refractivity contribution in [3.05, 3.63) is 23.2 Å². The molecule has 66 valence electrons. The highest BCUT2D eigenvalue weighted by Gasteiger charge is 2.23. The number of aromatic nitrogens is 2. The van der Waals surface area contributed by atoms with Gasteiger partial charge in [-0.15, -0.1) is 5.10 Å². The Hall–Kier alpha value is -1.56. The van der Waals surface area contributed by atoms with E-state index in [4.69, 9.17) is 0 Å².